The molecule has 0 fully saturated rings. The molecule has 14 heavy (non-hydrogen) atoms. The number of rotatable bonds is 2. The molecule has 0 radical (unpaired) electrons. The minimum absolute atomic E-state index is 0.275. The Morgan fingerprint density at radius 3 is 2.64 bits per heavy atom. The SMILES string of the molecule is O=COc1cc2cc(F)c(F)cc2s1. The van der Waals surface area contributed by atoms with Gasteiger partial charge in [-0.2, -0.15) is 0 Å². The Labute approximate surface area is 81.7 Å². The maximum absolute atomic E-state index is 12.8. The first-order valence-corrected chi connectivity index (χ1v) is 4.51. The third-order valence-electron chi connectivity index (χ3n) is 1.70. The maximum Gasteiger partial charge on any atom is 0.299 e. The molecule has 72 valence electrons. The van der Waals surface area contributed by atoms with Gasteiger partial charge in [0.25, 0.3) is 6.47 Å². The summed E-state index contributed by atoms with van der Waals surface area (Å²) in [6.07, 6.45) is 0. The summed E-state index contributed by atoms with van der Waals surface area (Å²) in [6.45, 7) is 0.275. The first-order valence-electron chi connectivity index (χ1n) is 3.69. The van der Waals surface area contributed by atoms with Gasteiger partial charge in [0.2, 0.25) is 0 Å². The molecule has 2 aromatic rings. The minimum Gasteiger partial charge on any atom is -0.418 e. The van der Waals surface area contributed by atoms with E-state index in [2.05, 4.69) is 4.74 Å². The molecule has 0 N–H and O–H groups in total. The van der Waals surface area contributed by atoms with Crippen molar-refractivity contribution in [1.29, 1.82) is 0 Å². The summed E-state index contributed by atoms with van der Waals surface area (Å²) in [5.41, 5.74) is 0. The molecular weight excluding hydrogens is 210 g/mol. The van der Waals surface area contributed by atoms with Crippen LogP contribution in [0, 0.1) is 11.6 Å². The van der Waals surface area contributed by atoms with Gasteiger partial charge < -0.3 is 4.74 Å². The highest BCUT2D eigenvalue weighted by Gasteiger charge is 2.08. The molecule has 0 unspecified atom stereocenters. The number of carbonyl (C=O) groups excluding carboxylic acids is 1. The van der Waals surface area contributed by atoms with Crippen LogP contribution >= 0.6 is 11.3 Å². The van der Waals surface area contributed by atoms with Crippen molar-refractivity contribution in [3.63, 3.8) is 0 Å². The highest BCUT2D eigenvalue weighted by atomic mass is 32.1. The van der Waals surface area contributed by atoms with E-state index in [0.717, 1.165) is 23.5 Å². The second-order valence-electron chi connectivity index (χ2n) is 2.58. The molecule has 0 atom stereocenters. The summed E-state index contributed by atoms with van der Waals surface area (Å²) in [7, 11) is 0. The van der Waals surface area contributed by atoms with E-state index >= 15 is 0 Å². The lowest BCUT2D eigenvalue weighted by molar-refractivity contribution is -0.120. The van der Waals surface area contributed by atoms with E-state index in [1.807, 2.05) is 0 Å². The fraction of sp³-hybridized carbons (Fsp3) is 0. The van der Waals surface area contributed by atoms with Gasteiger partial charge in [0.05, 0.1) is 0 Å². The Balaban J connectivity index is 2.59. The molecule has 2 nitrogen and oxygen atoms in total. The average Bonchev–Trinajstić information content (AvgIpc) is 2.48. The number of hydrogen-bond donors (Lipinski definition) is 0. The number of halogens is 2. The van der Waals surface area contributed by atoms with Crippen molar-refractivity contribution in [3.05, 3.63) is 29.8 Å². The second-order valence-corrected chi connectivity index (χ2v) is 3.63. The Kier molecular flexibility index (Phi) is 2.17. The summed E-state index contributed by atoms with van der Waals surface area (Å²) < 4.78 is 30.6. The van der Waals surface area contributed by atoms with Crippen molar-refractivity contribution >= 4 is 27.9 Å². The van der Waals surface area contributed by atoms with Crippen LogP contribution in [0.25, 0.3) is 10.1 Å². The van der Waals surface area contributed by atoms with E-state index in [0.29, 0.717) is 15.1 Å². The van der Waals surface area contributed by atoms with Crippen molar-refractivity contribution in [3.8, 4) is 5.06 Å². The lowest BCUT2D eigenvalue weighted by Crippen LogP contribution is -1.82. The smallest absolute Gasteiger partial charge is 0.299 e. The van der Waals surface area contributed by atoms with Gasteiger partial charge >= 0.3 is 0 Å². The van der Waals surface area contributed by atoms with Crippen molar-refractivity contribution in [2.24, 2.45) is 0 Å². The van der Waals surface area contributed by atoms with Crippen LogP contribution in [0.4, 0.5) is 8.78 Å². The summed E-state index contributed by atoms with van der Waals surface area (Å²) in [6, 6.07) is 3.63. The maximum atomic E-state index is 12.8. The average molecular weight is 214 g/mol. The molecule has 1 heterocycles. The molecule has 0 aliphatic carbocycles. The first kappa shape index (κ1) is 9.08. The topological polar surface area (TPSA) is 26.3 Å². The van der Waals surface area contributed by atoms with Crippen LogP contribution in [-0.2, 0) is 4.79 Å². The predicted molar refractivity (Wildman–Crippen MR) is 48.4 cm³/mol. The molecule has 5 heteroatoms. The standard InChI is InChI=1S/C9H4F2O2S/c10-6-1-5-2-9(13-4-12)14-8(5)3-7(6)11/h1-4H. The lowest BCUT2D eigenvalue weighted by atomic mass is 10.2. The van der Waals surface area contributed by atoms with Crippen LogP contribution in [-0.4, -0.2) is 6.47 Å². The number of carbonyl (C=O) groups is 1. The van der Waals surface area contributed by atoms with Gasteiger partial charge in [-0.05, 0) is 17.5 Å². The van der Waals surface area contributed by atoms with Gasteiger partial charge in [0, 0.05) is 10.8 Å². The Hall–Kier alpha value is -1.49. The quantitative estimate of drug-likeness (QED) is 0.718. The summed E-state index contributed by atoms with van der Waals surface area (Å²) in [5.74, 6) is -1.81. The normalized spacial score (nSPS) is 10.4. The van der Waals surface area contributed by atoms with Crippen LogP contribution in [0.3, 0.4) is 0 Å². The van der Waals surface area contributed by atoms with Crippen LogP contribution in [0.5, 0.6) is 5.06 Å². The molecule has 1 aromatic heterocycles. The van der Waals surface area contributed by atoms with Gasteiger partial charge in [-0.15, -0.1) is 0 Å². The van der Waals surface area contributed by atoms with E-state index in [9.17, 15) is 13.6 Å². The summed E-state index contributed by atoms with van der Waals surface area (Å²) in [5, 5.41) is 0.839. The number of fused-ring (bicyclic) bond motifs is 1. The van der Waals surface area contributed by atoms with Gasteiger partial charge in [0.1, 0.15) is 0 Å². The number of benzene rings is 1. The van der Waals surface area contributed by atoms with Crippen molar-refractivity contribution in [2.45, 2.75) is 0 Å². The van der Waals surface area contributed by atoms with Crippen molar-refractivity contribution in [2.75, 3.05) is 0 Å². The fourth-order valence-corrected chi connectivity index (χ4v) is 2.00. The highest BCUT2D eigenvalue weighted by molar-refractivity contribution is 7.20. The molecule has 0 saturated heterocycles. The number of hydrogen-bond acceptors (Lipinski definition) is 3. The molecular formula is C9H4F2O2S. The fourth-order valence-electron chi connectivity index (χ4n) is 1.12. The van der Waals surface area contributed by atoms with Gasteiger partial charge in [-0.3, -0.25) is 4.79 Å². The predicted octanol–water partition coefficient (Wildman–Crippen LogP) is 2.71. The Morgan fingerprint density at radius 2 is 1.93 bits per heavy atom. The lowest BCUT2D eigenvalue weighted by Gasteiger charge is -1.90. The second kappa shape index (κ2) is 3.34. The van der Waals surface area contributed by atoms with Crippen LogP contribution < -0.4 is 4.74 Å². The highest BCUT2D eigenvalue weighted by Crippen LogP contribution is 2.32. The van der Waals surface area contributed by atoms with Crippen LogP contribution in [0.1, 0.15) is 0 Å². The molecule has 0 saturated carbocycles. The first-order chi connectivity index (χ1) is 6.70. The van der Waals surface area contributed by atoms with Crippen molar-refractivity contribution in [1.82, 2.24) is 0 Å². The van der Waals surface area contributed by atoms with Crippen LogP contribution in [0.15, 0.2) is 18.2 Å². The molecule has 1 aromatic carbocycles. The Morgan fingerprint density at radius 1 is 1.21 bits per heavy atom. The molecule has 0 bridgehead atoms. The van der Waals surface area contributed by atoms with Crippen molar-refractivity contribution < 1.29 is 18.3 Å². The monoisotopic (exact) mass is 214 g/mol. The molecule has 0 amide bonds. The molecule has 0 aliphatic rings. The van der Waals surface area contributed by atoms with E-state index in [1.165, 1.54) is 6.07 Å². The Bertz CT molecular complexity index is 454. The zero-order valence-corrected chi connectivity index (χ0v) is 7.61. The molecule has 0 spiro atoms. The van der Waals surface area contributed by atoms with Gasteiger partial charge in [-0.1, -0.05) is 11.3 Å². The number of ether oxygens (including phenoxy) is 1. The van der Waals surface area contributed by atoms with E-state index in [-0.39, 0.29) is 6.47 Å². The largest absolute Gasteiger partial charge is 0.418 e. The zero-order valence-electron chi connectivity index (χ0n) is 6.79. The molecule has 0 aliphatic heterocycles. The number of thiophene rings is 1. The van der Waals surface area contributed by atoms with E-state index in [4.69, 9.17) is 0 Å². The van der Waals surface area contributed by atoms with Gasteiger partial charge in [0.15, 0.2) is 16.7 Å². The van der Waals surface area contributed by atoms with E-state index in [1.54, 1.807) is 0 Å². The minimum atomic E-state index is -0.909. The van der Waals surface area contributed by atoms with Gasteiger partial charge in [-0.25, -0.2) is 8.78 Å². The third kappa shape index (κ3) is 1.46. The van der Waals surface area contributed by atoms with Crippen LogP contribution in [0.2, 0.25) is 0 Å². The molecule has 2 rings (SSSR count). The summed E-state index contributed by atoms with van der Waals surface area (Å²) in [4.78, 5) is 10.0. The third-order valence-corrected chi connectivity index (χ3v) is 2.69. The van der Waals surface area contributed by atoms with E-state index < -0.39 is 11.6 Å². The zero-order chi connectivity index (χ0) is 10.1. The summed E-state index contributed by atoms with van der Waals surface area (Å²) >= 11 is 1.08.